The van der Waals surface area contributed by atoms with E-state index in [2.05, 4.69) is 0 Å². The largest absolute Gasteiger partial charge is 0.484 e. The summed E-state index contributed by atoms with van der Waals surface area (Å²) in [6.07, 6.45) is 5.86. The zero-order valence-electron chi connectivity index (χ0n) is 15.7. The molecule has 1 N–H and O–H groups in total. The van der Waals surface area contributed by atoms with Crippen LogP contribution in [-0.4, -0.2) is 34.7 Å². The fourth-order valence-electron chi connectivity index (χ4n) is 3.00. The summed E-state index contributed by atoms with van der Waals surface area (Å²) in [5.41, 5.74) is 0.984. The molecule has 2 heterocycles. The first-order valence-electron chi connectivity index (χ1n) is 8.77. The van der Waals surface area contributed by atoms with Gasteiger partial charge < -0.3 is 14.6 Å². The number of esters is 1. The molecule has 0 amide bonds. The summed E-state index contributed by atoms with van der Waals surface area (Å²) in [7, 11) is 0. The molecule has 0 unspecified atom stereocenters. The molecule has 0 aromatic carbocycles. The Morgan fingerprint density at radius 3 is 2.60 bits per heavy atom. The smallest absolute Gasteiger partial charge is 0.331 e. The fourth-order valence-corrected chi connectivity index (χ4v) is 3.00. The highest BCUT2D eigenvalue weighted by Gasteiger charge is 2.36. The summed E-state index contributed by atoms with van der Waals surface area (Å²) in [6, 6.07) is 0. The van der Waals surface area contributed by atoms with Crippen molar-refractivity contribution in [3.05, 3.63) is 35.1 Å². The molecule has 3 atom stereocenters. The summed E-state index contributed by atoms with van der Waals surface area (Å²) < 4.78 is 11.0. The second-order valence-electron chi connectivity index (χ2n) is 7.60. The first-order chi connectivity index (χ1) is 11.6. The van der Waals surface area contributed by atoms with E-state index < -0.39 is 11.7 Å². The van der Waals surface area contributed by atoms with Crippen LogP contribution in [0.25, 0.3) is 0 Å². The van der Waals surface area contributed by atoms with Gasteiger partial charge in [-0.05, 0) is 52.2 Å². The van der Waals surface area contributed by atoms with Gasteiger partial charge in [-0.25, -0.2) is 4.79 Å². The number of aliphatic hydroxyl groups is 1. The van der Waals surface area contributed by atoms with Crippen molar-refractivity contribution in [2.45, 2.75) is 71.7 Å². The number of carbonyl (C=O) groups is 2. The van der Waals surface area contributed by atoms with E-state index in [0.29, 0.717) is 25.0 Å². The van der Waals surface area contributed by atoms with Crippen molar-refractivity contribution < 1.29 is 24.2 Å². The highest BCUT2D eigenvalue weighted by Crippen LogP contribution is 2.31. The summed E-state index contributed by atoms with van der Waals surface area (Å²) in [4.78, 5) is 23.3. The van der Waals surface area contributed by atoms with E-state index in [-0.39, 0.29) is 23.8 Å². The Kier molecular flexibility index (Phi) is 5.88. The second-order valence-corrected chi connectivity index (χ2v) is 7.60. The van der Waals surface area contributed by atoms with Crippen LogP contribution in [0.5, 0.6) is 0 Å². The third-order valence-electron chi connectivity index (χ3n) is 4.73. The quantitative estimate of drug-likeness (QED) is 0.589. The number of rotatable bonds is 6. The molecular formula is C20H28O5. The van der Waals surface area contributed by atoms with Crippen LogP contribution >= 0.6 is 0 Å². The van der Waals surface area contributed by atoms with E-state index >= 15 is 0 Å². The van der Waals surface area contributed by atoms with Gasteiger partial charge in [0.15, 0.2) is 5.60 Å². The Morgan fingerprint density at radius 2 is 2.04 bits per heavy atom. The molecule has 0 aromatic rings. The van der Waals surface area contributed by atoms with Gasteiger partial charge >= 0.3 is 5.97 Å². The van der Waals surface area contributed by atoms with Gasteiger partial charge in [0.2, 0.25) is 5.78 Å². The van der Waals surface area contributed by atoms with E-state index in [0.717, 1.165) is 11.1 Å². The highest BCUT2D eigenvalue weighted by molar-refractivity contribution is 5.98. The van der Waals surface area contributed by atoms with E-state index in [1.807, 2.05) is 26.8 Å². The predicted octanol–water partition coefficient (Wildman–Crippen LogP) is 3.23. The van der Waals surface area contributed by atoms with Gasteiger partial charge in [-0.3, -0.25) is 4.79 Å². The SMILES string of the molecule is CC1=CC(=O)O[C@H](C=C(C)[C@@H](O)CC[C@@H](C)C2=CC(=O)C(C)(C)O2)C1. The minimum atomic E-state index is -0.783. The lowest BCUT2D eigenvalue weighted by Gasteiger charge is -2.23. The molecule has 5 heteroatoms. The summed E-state index contributed by atoms with van der Waals surface area (Å²) in [5.74, 6) is 0.392. The topological polar surface area (TPSA) is 72.8 Å². The average molecular weight is 348 g/mol. The lowest BCUT2D eigenvalue weighted by molar-refractivity contribution is -0.142. The van der Waals surface area contributed by atoms with Crippen LogP contribution in [-0.2, 0) is 19.1 Å². The zero-order valence-corrected chi connectivity index (χ0v) is 15.7. The maximum absolute atomic E-state index is 11.8. The maximum atomic E-state index is 11.8. The molecule has 0 saturated heterocycles. The van der Waals surface area contributed by atoms with Crippen LogP contribution in [0.4, 0.5) is 0 Å². The Labute approximate surface area is 149 Å². The van der Waals surface area contributed by atoms with E-state index in [9.17, 15) is 14.7 Å². The van der Waals surface area contributed by atoms with Crippen molar-refractivity contribution in [2.24, 2.45) is 5.92 Å². The number of hydrogen-bond donors (Lipinski definition) is 1. The van der Waals surface area contributed by atoms with Gasteiger partial charge in [-0.2, -0.15) is 0 Å². The van der Waals surface area contributed by atoms with Gasteiger partial charge in [0.25, 0.3) is 0 Å². The standard InChI is InChI=1S/C20H28O5/c1-12-8-15(24-19(23)9-12)10-14(3)16(21)7-6-13(2)17-11-18(22)20(4,5)25-17/h9-11,13,15-16,21H,6-8H2,1-5H3/t13-,15+,16+/m1/s1. The molecule has 2 aliphatic heterocycles. The van der Waals surface area contributed by atoms with Crippen LogP contribution in [0.3, 0.4) is 0 Å². The van der Waals surface area contributed by atoms with Gasteiger partial charge in [0.05, 0.1) is 6.10 Å². The Balaban J connectivity index is 1.87. The molecule has 0 bridgehead atoms. The van der Waals surface area contributed by atoms with Crippen molar-refractivity contribution in [1.82, 2.24) is 0 Å². The molecule has 2 aliphatic rings. The third-order valence-corrected chi connectivity index (χ3v) is 4.73. The first-order valence-corrected chi connectivity index (χ1v) is 8.77. The minimum absolute atomic E-state index is 0.0199. The molecule has 0 spiro atoms. The molecule has 0 saturated carbocycles. The molecule has 0 aromatic heterocycles. The summed E-state index contributed by atoms with van der Waals surface area (Å²) in [5, 5.41) is 10.4. The number of carbonyl (C=O) groups excluding carboxylic acids is 2. The molecule has 5 nitrogen and oxygen atoms in total. The normalized spacial score (nSPS) is 25.7. The zero-order chi connectivity index (χ0) is 18.8. The number of aliphatic hydroxyl groups excluding tert-OH is 1. The molecule has 0 fully saturated rings. The van der Waals surface area contributed by atoms with E-state index in [4.69, 9.17) is 9.47 Å². The summed E-state index contributed by atoms with van der Waals surface area (Å²) in [6.45, 7) is 9.25. The Bertz CT molecular complexity index is 638. The lowest BCUT2D eigenvalue weighted by Crippen LogP contribution is -2.28. The van der Waals surface area contributed by atoms with Crippen molar-refractivity contribution in [3.63, 3.8) is 0 Å². The number of cyclic esters (lactones) is 1. The van der Waals surface area contributed by atoms with Gasteiger partial charge in [-0.15, -0.1) is 0 Å². The molecular weight excluding hydrogens is 320 g/mol. The third kappa shape index (κ3) is 5.05. The maximum Gasteiger partial charge on any atom is 0.331 e. The predicted molar refractivity (Wildman–Crippen MR) is 94.7 cm³/mol. The van der Waals surface area contributed by atoms with Crippen LogP contribution in [0, 0.1) is 5.92 Å². The number of allylic oxidation sites excluding steroid dienone is 1. The van der Waals surface area contributed by atoms with E-state index in [1.165, 1.54) is 6.08 Å². The first kappa shape index (κ1) is 19.4. The van der Waals surface area contributed by atoms with Crippen molar-refractivity contribution >= 4 is 11.8 Å². The fraction of sp³-hybridized carbons (Fsp3) is 0.600. The number of hydrogen-bond acceptors (Lipinski definition) is 5. The molecule has 0 aliphatic carbocycles. The van der Waals surface area contributed by atoms with Crippen LogP contribution in [0.2, 0.25) is 0 Å². The lowest BCUT2D eigenvalue weighted by atomic mass is 9.96. The van der Waals surface area contributed by atoms with Gasteiger partial charge in [0.1, 0.15) is 11.9 Å². The molecule has 138 valence electrons. The van der Waals surface area contributed by atoms with Crippen LogP contribution in [0.15, 0.2) is 35.1 Å². The van der Waals surface area contributed by atoms with Crippen molar-refractivity contribution in [3.8, 4) is 0 Å². The number of ether oxygens (including phenoxy) is 2. The molecule has 25 heavy (non-hydrogen) atoms. The minimum Gasteiger partial charge on any atom is -0.484 e. The molecule has 0 radical (unpaired) electrons. The Hall–Kier alpha value is -1.88. The van der Waals surface area contributed by atoms with Crippen LogP contribution < -0.4 is 0 Å². The van der Waals surface area contributed by atoms with Crippen LogP contribution in [0.1, 0.15) is 53.9 Å². The Morgan fingerprint density at radius 1 is 1.36 bits per heavy atom. The highest BCUT2D eigenvalue weighted by atomic mass is 16.5. The number of ketones is 1. The van der Waals surface area contributed by atoms with E-state index in [1.54, 1.807) is 19.9 Å². The second kappa shape index (κ2) is 7.56. The van der Waals surface area contributed by atoms with Gasteiger partial charge in [0, 0.05) is 24.5 Å². The average Bonchev–Trinajstić information content (AvgIpc) is 2.77. The monoisotopic (exact) mass is 348 g/mol. The molecule has 2 rings (SSSR count). The summed E-state index contributed by atoms with van der Waals surface area (Å²) >= 11 is 0. The van der Waals surface area contributed by atoms with Crippen molar-refractivity contribution in [2.75, 3.05) is 0 Å². The van der Waals surface area contributed by atoms with Crippen molar-refractivity contribution in [1.29, 1.82) is 0 Å². The van der Waals surface area contributed by atoms with Gasteiger partial charge in [-0.1, -0.05) is 12.5 Å².